The molecule has 0 radical (unpaired) electrons. The molecule has 3 aromatic rings. The molecule has 0 aliphatic heterocycles. The highest BCUT2D eigenvalue weighted by Gasteiger charge is 2.18. The second kappa shape index (κ2) is 6.17. The molecular weight excluding hydrogens is 330 g/mol. The van der Waals surface area contributed by atoms with Crippen LogP contribution >= 0.6 is 11.6 Å². The number of anilines is 1. The van der Waals surface area contributed by atoms with E-state index in [0.717, 1.165) is 0 Å². The van der Waals surface area contributed by atoms with Gasteiger partial charge in [-0.1, -0.05) is 11.6 Å². The molecule has 3 rings (SSSR count). The van der Waals surface area contributed by atoms with Crippen molar-refractivity contribution in [2.75, 3.05) is 5.32 Å². The summed E-state index contributed by atoms with van der Waals surface area (Å²) in [5.41, 5.74) is 0.739. The Bertz CT molecular complexity index is 869. The topological polar surface area (TPSA) is 79.9 Å². The fourth-order valence-electron chi connectivity index (χ4n) is 2.01. The first kappa shape index (κ1) is 15.2. The summed E-state index contributed by atoms with van der Waals surface area (Å²) < 4.78 is 29.0. The summed E-state index contributed by atoms with van der Waals surface area (Å²) in [6.07, 6.45) is 2.81. The molecule has 2 N–H and O–H groups in total. The first-order chi connectivity index (χ1) is 11.1. The number of amides is 1. The van der Waals surface area contributed by atoms with Gasteiger partial charge in [0.15, 0.2) is 11.4 Å². The Morgan fingerprint density at radius 1 is 1.35 bits per heavy atom. The lowest BCUT2D eigenvalue weighted by Crippen LogP contribution is -2.16. The molecule has 0 saturated carbocycles. The highest BCUT2D eigenvalue weighted by Crippen LogP contribution is 2.30. The molecule has 0 unspecified atom stereocenters. The summed E-state index contributed by atoms with van der Waals surface area (Å²) in [6.45, 7) is -3.06. The minimum atomic E-state index is -3.06. The summed E-state index contributed by atoms with van der Waals surface area (Å²) in [4.78, 5) is 16.0. The third-order valence-electron chi connectivity index (χ3n) is 3.01. The average Bonchev–Trinajstić information content (AvgIpc) is 2.99. The van der Waals surface area contributed by atoms with Gasteiger partial charge in [-0.15, -0.1) is 0 Å². The molecule has 1 aromatic carbocycles. The van der Waals surface area contributed by atoms with Crippen molar-refractivity contribution in [2.24, 2.45) is 0 Å². The smallest absolute Gasteiger partial charge is 0.387 e. The molecule has 9 heteroatoms. The molecule has 0 aliphatic carbocycles. The van der Waals surface area contributed by atoms with Gasteiger partial charge >= 0.3 is 6.61 Å². The number of rotatable bonds is 4. The van der Waals surface area contributed by atoms with Crippen molar-refractivity contribution in [3.63, 3.8) is 0 Å². The van der Waals surface area contributed by atoms with Gasteiger partial charge in [0.2, 0.25) is 0 Å². The largest absolute Gasteiger partial charge is 0.432 e. The van der Waals surface area contributed by atoms with Crippen LogP contribution in [0.25, 0.3) is 10.9 Å². The van der Waals surface area contributed by atoms with Gasteiger partial charge < -0.3 is 10.1 Å². The molecular formula is C14H9ClF2N4O2. The summed E-state index contributed by atoms with van der Waals surface area (Å²) in [5, 5.41) is 10.0. The molecule has 2 aromatic heterocycles. The van der Waals surface area contributed by atoms with Crippen LogP contribution in [-0.2, 0) is 0 Å². The van der Waals surface area contributed by atoms with E-state index in [0.29, 0.717) is 16.6 Å². The quantitative estimate of drug-likeness (QED) is 0.763. The molecule has 0 fully saturated rings. The van der Waals surface area contributed by atoms with Crippen LogP contribution in [0.1, 0.15) is 10.5 Å². The van der Waals surface area contributed by atoms with Crippen molar-refractivity contribution in [1.29, 1.82) is 0 Å². The maximum atomic E-state index is 12.4. The fourth-order valence-corrected chi connectivity index (χ4v) is 2.27. The average molecular weight is 339 g/mol. The lowest BCUT2D eigenvalue weighted by atomic mass is 10.2. The molecule has 0 bridgehead atoms. The number of aromatic amines is 1. The molecule has 6 nitrogen and oxygen atoms in total. The van der Waals surface area contributed by atoms with Gasteiger partial charge in [0.25, 0.3) is 5.91 Å². The molecule has 118 valence electrons. The monoisotopic (exact) mass is 338 g/mol. The molecule has 0 saturated heterocycles. The Hall–Kier alpha value is -2.74. The van der Waals surface area contributed by atoms with Crippen LogP contribution in [0, 0.1) is 0 Å². The number of nitrogens with one attached hydrogen (secondary N) is 2. The standard InChI is InChI=1S/C14H9ClF2N4O2/c15-11-7-6-19-21-8(7)3-4-9(11)20-13(22)12-10(23-14(16)17)2-1-5-18-12/h1-6,14H,(H,19,21)(H,20,22). The van der Waals surface area contributed by atoms with Crippen LogP contribution in [0.2, 0.25) is 5.02 Å². The Labute approximate surface area is 133 Å². The van der Waals surface area contributed by atoms with Crippen molar-refractivity contribution in [2.45, 2.75) is 6.61 Å². The van der Waals surface area contributed by atoms with Crippen molar-refractivity contribution in [3.05, 3.63) is 47.4 Å². The lowest BCUT2D eigenvalue weighted by molar-refractivity contribution is -0.0503. The summed E-state index contributed by atoms with van der Waals surface area (Å²) >= 11 is 6.19. The van der Waals surface area contributed by atoms with Crippen LogP contribution in [-0.4, -0.2) is 27.7 Å². The first-order valence-corrected chi connectivity index (χ1v) is 6.77. The van der Waals surface area contributed by atoms with Gasteiger partial charge in [-0.3, -0.25) is 9.89 Å². The number of halogens is 3. The number of pyridine rings is 1. The number of hydrogen-bond acceptors (Lipinski definition) is 4. The zero-order chi connectivity index (χ0) is 16.4. The summed E-state index contributed by atoms with van der Waals surface area (Å²) in [5.74, 6) is -1.04. The second-order valence-corrected chi connectivity index (χ2v) is 4.82. The van der Waals surface area contributed by atoms with E-state index in [1.54, 1.807) is 12.1 Å². The van der Waals surface area contributed by atoms with E-state index < -0.39 is 12.5 Å². The highest BCUT2D eigenvalue weighted by atomic mass is 35.5. The Morgan fingerprint density at radius 2 is 2.17 bits per heavy atom. The van der Waals surface area contributed by atoms with Crippen LogP contribution in [0.3, 0.4) is 0 Å². The van der Waals surface area contributed by atoms with E-state index in [2.05, 4.69) is 25.2 Å². The first-order valence-electron chi connectivity index (χ1n) is 6.39. The normalized spacial score (nSPS) is 11.0. The van der Waals surface area contributed by atoms with E-state index in [1.165, 1.54) is 24.5 Å². The molecule has 1 amide bonds. The number of alkyl halides is 2. The maximum absolute atomic E-state index is 12.4. The van der Waals surface area contributed by atoms with Gasteiger partial charge in [0.05, 0.1) is 22.4 Å². The zero-order valence-electron chi connectivity index (χ0n) is 11.4. The van der Waals surface area contributed by atoms with E-state index >= 15 is 0 Å². The second-order valence-electron chi connectivity index (χ2n) is 4.44. The third-order valence-corrected chi connectivity index (χ3v) is 3.42. The van der Waals surface area contributed by atoms with Crippen molar-refractivity contribution in [1.82, 2.24) is 15.2 Å². The number of carbonyl (C=O) groups is 1. The van der Waals surface area contributed by atoms with Gasteiger partial charge in [0, 0.05) is 11.6 Å². The van der Waals surface area contributed by atoms with Gasteiger partial charge in [0.1, 0.15) is 0 Å². The van der Waals surface area contributed by atoms with Crippen molar-refractivity contribution >= 4 is 34.1 Å². The SMILES string of the molecule is O=C(Nc1ccc2[nH]ncc2c1Cl)c1ncccc1OC(F)F. The third kappa shape index (κ3) is 3.07. The number of carbonyl (C=O) groups excluding carboxylic acids is 1. The number of hydrogen-bond donors (Lipinski definition) is 2. The van der Waals surface area contributed by atoms with E-state index in [-0.39, 0.29) is 16.5 Å². The zero-order valence-corrected chi connectivity index (χ0v) is 12.1. The van der Waals surface area contributed by atoms with Crippen LogP contribution in [0.4, 0.5) is 14.5 Å². The summed E-state index contributed by atoms with van der Waals surface area (Å²) in [7, 11) is 0. The summed E-state index contributed by atoms with van der Waals surface area (Å²) in [6, 6.07) is 5.87. The minimum Gasteiger partial charge on any atom is -0.432 e. The number of nitrogens with zero attached hydrogens (tertiary/aromatic N) is 2. The number of fused-ring (bicyclic) bond motifs is 1. The number of aromatic nitrogens is 3. The predicted octanol–water partition coefficient (Wildman–Crippen LogP) is 3.47. The molecule has 0 aliphatic rings. The van der Waals surface area contributed by atoms with Crippen molar-refractivity contribution < 1.29 is 18.3 Å². The van der Waals surface area contributed by atoms with Gasteiger partial charge in [-0.05, 0) is 24.3 Å². The molecule has 23 heavy (non-hydrogen) atoms. The maximum Gasteiger partial charge on any atom is 0.387 e. The van der Waals surface area contributed by atoms with Crippen molar-refractivity contribution in [3.8, 4) is 5.75 Å². The van der Waals surface area contributed by atoms with Crippen LogP contribution in [0.5, 0.6) is 5.75 Å². The van der Waals surface area contributed by atoms with E-state index in [9.17, 15) is 13.6 Å². The fraction of sp³-hybridized carbons (Fsp3) is 0.0714. The Balaban J connectivity index is 1.90. The minimum absolute atomic E-state index is 0.267. The van der Waals surface area contributed by atoms with Gasteiger partial charge in [-0.25, -0.2) is 4.98 Å². The van der Waals surface area contributed by atoms with E-state index in [4.69, 9.17) is 11.6 Å². The molecule has 0 spiro atoms. The molecule has 0 atom stereocenters. The number of benzene rings is 1. The van der Waals surface area contributed by atoms with Gasteiger partial charge in [-0.2, -0.15) is 13.9 Å². The number of H-pyrrole nitrogens is 1. The van der Waals surface area contributed by atoms with Crippen LogP contribution in [0.15, 0.2) is 36.7 Å². The van der Waals surface area contributed by atoms with Crippen LogP contribution < -0.4 is 10.1 Å². The van der Waals surface area contributed by atoms with E-state index in [1.807, 2.05) is 0 Å². The highest BCUT2D eigenvalue weighted by molar-refractivity contribution is 6.38. The molecule has 2 heterocycles. The lowest BCUT2D eigenvalue weighted by Gasteiger charge is -2.11. The Morgan fingerprint density at radius 3 is 2.96 bits per heavy atom. The predicted molar refractivity (Wildman–Crippen MR) is 79.9 cm³/mol. The number of ether oxygens (including phenoxy) is 1. The Kier molecular flexibility index (Phi) is 4.07.